The van der Waals surface area contributed by atoms with Crippen LogP contribution in [-0.4, -0.2) is 43.8 Å². The summed E-state index contributed by atoms with van der Waals surface area (Å²) in [5.74, 6) is 0.195. The molecule has 0 radical (unpaired) electrons. The smallest absolute Gasteiger partial charge is 0.208 e. The molecule has 2 N–H and O–H groups in total. The van der Waals surface area contributed by atoms with Gasteiger partial charge >= 0.3 is 0 Å². The third-order valence-electron chi connectivity index (χ3n) is 4.00. The number of benzene rings is 1. The van der Waals surface area contributed by atoms with Crippen molar-refractivity contribution < 1.29 is 17.9 Å². The highest BCUT2D eigenvalue weighted by molar-refractivity contribution is 7.88. The third-order valence-corrected chi connectivity index (χ3v) is 4.76. The first-order valence-electron chi connectivity index (χ1n) is 7.29. The number of likely N-dealkylation sites (tertiary alicyclic amines) is 1. The summed E-state index contributed by atoms with van der Waals surface area (Å²) in [4.78, 5) is 2.29. The van der Waals surface area contributed by atoms with Gasteiger partial charge in [-0.05, 0) is 25.0 Å². The van der Waals surface area contributed by atoms with Gasteiger partial charge in [0.05, 0.1) is 12.5 Å². The molecule has 2 aromatic rings. The summed E-state index contributed by atoms with van der Waals surface area (Å²) in [5, 5.41) is 10.5. The monoisotopic (exact) mass is 324 g/mol. The van der Waals surface area contributed by atoms with Crippen molar-refractivity contribution in [1.29, 1.82) is 0 Å². The fraction of sp³-hybridized carbons (Fsp3) is 0.467. The maximum atomic E-state index is 11.3. The highest BCUT2D eigenvalue weighted by atomic mass is 32.2. The van der Waals surface area contributed by atoms with E-state index in [1.807, 2.05) is 6.07 Å². The van der Waals surface area contributed by atoms with Crippen LogP contribution in [0.5, 0.6) is 5.75 Å². The fourth-order valence-corrected chi connectivity index (χ4v) is 3.79. The molecule has 0 aliphatic carbocycles. The van der Waals surface area contributed by atoms with E-state index in [4.69, 9.17) is 4.42 Å². The van der Waals surface area contributed by atoms with Gasteiger partial charge in [0.2, 0.25) is 10.0 Å². The van der Waals surface area contributed by atoms with E-state index in [1.165, 1.54) is 6.26 Å². The zero-order valence-electron chi connectivity index (χ0n) is 12.4. The molecular formula is C15H20N2O4S. The topological polar surface area (TPSA) is 82.8 Å². The van der Waals surface area contributed by atoms with Crippen LogP contribution < -0.4 is 4.72 Å². The second-order valence-electron chi connectivity index (χ2n) is 5.88. The first kappa shape index (κ1) is 15.3. The molecule has 1 aromatic heterocycles. The highest BCUT2D eigenvalue weighted by Crippen LogP contribution is 2.26. The van der Waals surface area contributed by atoms with Crippen LogP contribution >= 0.6 is 0 Å². The van der Waals surface area contributed by atoms with E-state index < -0.39 is 10.0 Å². The van der Waals surface area contributed by atoms with Gasteiger partial charge in [-0.3, -0.25) is 4.90 Å². The molecule has 120 valence electrons. The van der Waals surface area contributed by atoms with Crippen molar-refractivity contribution in [3.8, 4) is 5.75 Å². The molecular weight excluding hydrogens is 304 g/mol. The Morgan fingerprint density at radius 3 is 2.77 bits per heavy atom. The zero-order chi connectivity index (χ0) is 15.7. The summed E-state index contributed by atoms with van der Waals surface area (Å²) in [6, 6.07) is 5.16. The molecule has 0 bridgehead atoms. The van der Waals surface area contributed by atoms with Crippen molar-refractivity contribution in [2.24, 2.45) is 0 Å². The maximum Gasteiger partial charge on any atom is 0.208 e. The molecule has 0 unspecified atom stereocenters. The van der Waals surface area contributed by atoms with Gasteiger partial charge < -0.3 is 9.52 Å². The van der Waals surface area contributed by atoms with E-state index in [0.29, 0.717) is 5.58 Å². The van der Waals surface area contributed by atoms with E-state index in [2.05, 4.69) is 9.62 Å². The van der Waals surface area contributed by atoms with Gasteiger partial charge in [-0.15, -0.1) is 0 Å². The summed E-state index contributed by atoms with van der Waals surface area (Å²) < 4.78 is 30.7. The molecule has 0 atom stereocenters. The molecule has 2 heterocycles. The van der Waals surface area contributed by atoms with Crippen molar-refractivity contribution in [3.05, 3.63) is 30.0 Å². The predicted molar refractivity (Wildman–Crippen MR) is 84.2 cm³/mol. The molecule has 3 rings (SSSR count). The Bertz CT molecular complexity index is 761. The molecule has 6 nitrogen and oxygen atoms in total. The van der Waals surface area contributed by atoms with Crippen LogP contribution in [0.4, 0.5) is 0 Å². The van der Waals surface area contributed by atoms with Crippen LogP contribution in [0.1, 0.15) is 18.4 Å². The molecule has 1 aromatic carbocycles. The SMILES string of the molecule is CS(=O)(=O)NC1CCN(Cc2coc3cc(O)ccc23)CC1. The van der Waals surface area contributed by atoms with Gasteiger partial charge in [0.1, 0.15) is 11.3 Å². The normalized spacial score (nSPS) is 18.0. The molecule has 0 amide bonds. The predicted octanol–water partition coefficient (Wildman–Crippen LogP) is 1.65. The van der Waals surface area contributed by atoms with Crippen LogP contribution in [0, 0.1) is 0 Å². The summed E-state index contributed by atoms with van der Waals surface area (Å²) in [5.41, 5.74) is 1.77. The van der Waals surface area contributed by atoms with Gasteiger partial charge in [0.15, 0.2) is 0 Å². The van der Waals surface area contributed by atoms with Gasteiger partial charge in [0, 0.05) is 42.7 Å². The number of phenolic OH excluding ortho intramolecular Hbond substituents is 1. The number of fused-ring (bicyclic) bond motifs is 1. The lowest BCUT2D eigenvalue weighted by Crippen LogP contribution is -2.43. The van der Waals surface area contributed by atoms with Crippen molar-refractivity contribution >= 4 is 21.0 Å². The lowest BCUT2D eigenvalue weighted by atomic mass is 10.1. The lowest BCUT2D eigenvalue weighted by molar-refractivity contribution is 0.200. The molecule has 1 saturated heterocycles. The zero-order valence-corrected chi connectivity index (χ0v) is 13.3. The van der Waals surface area contributed by atoms with Gasteiger partial charge in [-0.2, -0.15) is 0 Å². The number of furan rings is 1. The number of hydrogen-bond donors (Lipinski definition) is 2. The van der Waals surface area contributed by atoms with Crippen LogP contribution in [0.15, 0.2) is 28.9 Å². The number of aromatic hydroxyl groups is 1. The minimum atomic E-state index is -3.13. The van der Waals surface area contributed by atoms with E-state index in [1.54, 1.807) is 18.4 Å². The Morgan fingerprint density at radius 1 is 1.36 bits per heavy atom. The average molecular weight is 324 g/mol. The molecule has 1 fully saturated rings. The number of phenols is 1. The number of piperidine rings is 1. The molecule has 22 heavy (non-hydrogen) atoms. The molecule has 1 aliphatic heterocycles. The van der Waals surface area contributed by atoms with Crippen LogP contribution in [0.25, 0.3) is 11.0 Å². The minimum Gasteiger partial charge on any atom is -0.508 e. The Labute approximate surface area is 129 Å². The van der Waals surface area contributed by atoms with E-state index >= 15 is 0 Å². The van der Waals surface area contributed by atoms with Crippen molar-refractivity contribution in [2.75, 3.05) is 19.3 Å². The van der Waals surface area contributed by atoms with Gasteiger partial charge in [0.25, 0.3) is 0 Å². The van der Waals surface area contributed by atoms with Gasteiger partial charge in [-0.1, -0.05) is 0 Å². The number of sulfonamides is 1. The Kier molecular flexibility index (Phi) is 4.12. The van der Waals surface area contributed by atoms with E-state index in [-0.39, 0.29) is 11.8 Å². The summed E-state index contributed by atoms with van der Waals surface area (Å²) in [6.45, 7) is 2.46. The minimum absolute atomic E-state index is 0.0318. The molecule has 7 heteroatoms. The fourth-order valence-electron chi connectivity index (χ4n) is 2.95. The summed E-state index contributed by atoms with van der Waals surface area (Å²) >= 11 is 0. The first-order chi connectivity index (χ1) is 10.4. The number of nitrogens with one attached hydrogen (secondary N) is 1. The Morgan fingerprint density at radius 2 is 2.09 bits per heavy atom. The second kappa shape index (κ2) is 5.91. The Hall–Kier alpha value is -1.57. The van der Waals surface area contributed by atoms with Crippen molar-refractivity contribution in [1.82, 2.24) is 9.62 Å². The standard InChI is InChI=1S/C15H20N2O4S/c1-22(19,20)16-12-4-6-17(7-5-12)9-11-10-21-15-8-13(18)2-3-14(11)15/h2-3,8,10,12,16,18H,4-7,9H2,1H3. The molecule has 0 spiro atoms. The van der Waals surface area contributed by atoms with Crippen molar-refractivity contribution in [2.45, 2.75) is 25.4 Å². The van der Waals surface area contributed by atoms with Crippen molar-refractivity contribution in [3.63, 3.8) is 0 Å². The number of nitrogens with zero attached hydrogens (tertiary/aromatic N) is 1. The third kappa shape index (κ3) is 3.60. The number of rotatable bonds is 4. The van der Waals surface area contributed by atoms with Crippen LogP contribution in [0.2, 0.25) is 0 Å². The lowest BCUT2D eigenvalue weighted by Gasteiger charge is -2.31. The highest BCUT2D eigenvalue weighted by Gasteiger charge is 2.22. The van der Waals surface area contributed by atoms with Gasteiger partial charge in [-0.25, -0.2) is 13.1 Å². The Balaban J connectivity index is 1.62. The maximum absolute atomic E-state index is 11.3. The summed E-state index contributed by atoms with van der Waals surface area (Å²) in [6.07, 6.45) is 4.55. The largest absolute Gasteiger partial charge is 0.508 e. The second-order valence-corrected chi connectivity index (χ2v) is 7.66. The van der Waals surface area contributed by atoms with E-state index in [9.17, 15) is 13.5 Å². The molecule has 1 aliphatic rings. The van der Waals surface area contributed by atoms with Crippen LogP contribution in [-0.2, 0) is 16.6 Å². The van der Waals surface area contributed by atoms with E-state index in [0.717, 1.165) is 43.4 Å². The van der Waals surface area contributed by atoms with Crippen LogP contribution in [0.3, 0.4) is 0 Å². The average Bonchev–Trinajstić information content (AvgIpc) is 2.81. The molecule has 0 saturated carbocycles. The summed E-state index contributed by atoms with van der Waals surface area (Å²) in [7, 11) is -3.13. The quantitative estimate of drug-likeness (QED) is 0.893. The number of hydrogen-bond acceptors (Lipinski definition) is 5. The first-order valence-corrected chi connectivity index (χ1v) is 9.18.